The Morgan fingerprint density at radius 3 is 1.38 bits per heavy atom. The maximum atomic E-state index is 7.83. The molecule has 0 fully saturated rings. The first-order valence-corrected chi connectivity index (χ1v) is 6.02. The third-order valence-corrected chi connectivity index (χ3v) is 0.478. The molecule has 0 aromatic rings. The normalized spacial score (nSPS) is 10.8. The standard InChI is InChI=1S/C2H6N4O2.3ClH.2Cu/c3-1(5-7)2(4)6-8;;;;;/h7-8H,(H2,3,5)(H2,4,6);3*1H;;/q;;;;+1;+2/p-2. The molecule has 0 aliphatic heterocycles. The van der Waals surface area contributed by atoms with Gasteiger partial charge in [0.15, 0.2) is 0 Å². The molecule has 0 aliphatic rings. The van der Waals surface area contributed by atoms with Crippen LogP contribution in [0.25, 0.3) is 0 Å². The molecule has 0 heterocycles. The van der Waals surface area contributed by atoms with E-state index in [1.54, 1.807) is 0 Å². The summed E-state index contributed by atoms with van der Waals surface area (Å²) < 4.78 is 0. The molecular formula is C2H7Cl3Cu2N4O2+. The van der Waals surface area contributed by atoms with Crippen molar-refractivity contribution in [1.82, 2.24) is 0 Å². The molecule has 6 nitrogen and oxygen atoms in total. The van der Waals surface area contributed by atoms with E-state index in [1.165, 1.54) is 0 Å². The Kier molecular flexibility index (Phi) is 26.8. The summed E-state index contributed by atoms with van der Waals surface area (Å²) in [6.45, 7) is 0. The van der Waals surface area contributed by atoms with Gasteiger partial charge in [-0.25, -0.2) is 0 Å². The topological polar surface area (TPSA) is 117 Å². The molecule has 0 saturated carbocycles. The molecule has 0 amide bonds. The van der Waals surface area contributed by atoms with Crippen LogP contribution in [0, 0.1) is 10.1 Å². The fraction of sp³-hybridized carbons (Fsp3) is 0. The SMILES string of the molecule is NC(=N\O)/C(N)=N/O.[ClH+][Cu].[Cl][Cu][Cl]. The van der Waals surface area contributed by atoms with Crippen LogP contribution in [0.3, 0.4) is 0 Å². The third kappa shape index (κ3) is 19.0. The molecule has 0 radical (unpaired) electrons. The van der Waals surface area contributed by atoms with Crippen LogP contribution in [-0.2, 0) is 28.2 Å². The van der Waals surface area contributed by atoms with Crippen LogP contribution in [0.2, 0.25) is 0 Å². The Labute approximate surface area is 102 Å². The molecule has 0 atom stereocenters. The van der Waals surface area contributed by atoms with Crippen LogP contribution in [0.4, 0.5) is 0 Å². The van der Waals surface area contributed by atoms with Crippen LogP contribution < -0.4 is 11.5 Å². The molecule has 89 valence electrons. The van der Waals surface area contributed by atoms with Crippen molar-refractivity contribution < 1.29 is 48.7 Å². The average Bonchev–Trinajstić information content (AvgIpc) is 2.19. The van der Waals surface area contributed by atoms with Gasteiger partial charge in [-0.05, 0) is 0 Å². The Morgan fingerprint density at radius 1 is 1.15 bits per heavy atom. The molecule has 13 heavy (non-hydrogen) atoms. The second-order valence-corrected chi connectivity index (χ2v) is 2.57. The van der Waals surface area contributed by atoms with Crippen molar-refractivity contribution in [3.63, 3.8) is 0 Å². The van der Waals surface area contributed by atoms with Crippen molar-refractivity contribution in [2.75, 3.05) is 0 Å². The Bertz CT molecular complexity index is 140. The first-order valence-electron chi connectivity index (χ1n) is 2.03. The van der Waals surface area contributed by atoms with E-state index in [1.807, 2.05) is 0 Å². The van der Waals surface area contributed by atoms with Gasteiger partial charge in [-0.15, -0.1) is 0 Å². The summed E-state index contributed by atoms with van der Waals surface area (Å²) in [5.41, 5.74) is 9.62. The van der Waals surface area contributed by atoms with Crippen LogP contribution in [0.5, 0.6) is 0 Å². The van der Waals surface area contributed by atoms with E-state index < -0.39 is 11.7 Å². The predicted molar refractivity (Wildman–Crippen MR) is 39.9 cm³/mol. The van der Waals surface area contributed by atoms with Gasteiger partial charge in [0.25, 0.3) is 0 Å². The van der Waals surface area contributed by atoms with E-state index in [2.05, 4.69) is 55.7 Å². The van der Waals surface area contributed by atoms with Crippen LogP contribution in [0.1, 0.15) is 0 Å². The van der Waals surface area contributed by atoms with E-state index in [0.717, 1.165) is 13.1 Å². The van der Waals surface area contributed by atoms with E-state index in [-0.39, 0.29) is 0 Å². The molecule has 0 spiro atoms. The number of halogens is 3. The van der Waals surface area contributed by atoms with Crippen LogP contribution in [0.15, 0.2) is 10.3 Å². The predicted octanol–water partition coefficient (Wildman–Crippen LogP) is -0.414. The number of amidine groups is 2. The zero-order valence-corrected chi connectivity index (χ0v) is 9.92. The van der Waals surface area contributed by atoms with E-state index in [0.29, 0.717) is 0 Å². The molecule has 0 aromatic heterocycles. The third-order valence-electron chi connectivity index (χ3n) is 0.478. The number of nitrogens with zero attached hydrogens (tertiary/aromatic N) is 2. The van der Waals surface area contributed by atoms with Gasteiger partial charge in [-0.1, -0.05) is 10.3 Å². The van der Waals surface area contributed by atoms with Crippen molar-refractivity contribution in [2.45, 2.75) is 0 Å². The maximum absolute atomic E-state index is 7.83. The fourth-order valence-electron chi connectivity index (χ4n) is 0.102. The molecule has 0 rings (SSSR count). The minimum atomic E-state index is -0.410. The molecule has 0 unspecified atom stereocenters. The number of hydrogen-bond donors (Lipinski definition) is 4. The first kappa shape index (κ1) is 19.1. The number of rotatable bonds is 0. The minimum absolute atomic E-state index is 0.410. The fourth-order valence-corrected chi connectivity index (χ4v) is 0.102. The molecule has 0 bridgehead atoms. The quantitative estimate of drug-likeness (QED) is 0.156. The van der Waals surface area contributed by atoms with Crippen molar-refractivity contribution in [3.05, 3.63) is 0 Å². The zero-order chi connectivity index (χ0) is 11.3. The van der Waals surface area contributed by atoms with Gasteiger partial charge in [0.2, 0.25) is 11.7 Å². The monoisotopic (exact) mass is 350 g/mol. The molecule has 0 aromatic carbocycles. The second kappa shape index (κ2) is 18.3. The summed E-state index contributed by atoms with van der Waals surface area (Å²) in [4.78, 5) is 0. The summed E-state index contributed by atoms with van der Waals surface area (Å²) in [6, 6.07) is 0. The van der Waals surface area contributed by atoms with Gasteiger partial charge < -0.3 is 21.9 Å². The summed E-state index contributed by atoms with van der Waals surface area (Å²) >= 11 is 4.53. The molecule has 0 saturated heterocycles. The summed E-state index contributed by atoms with van der Waals surface area (Å²) in [5.74, 6) is -0.819. The van der Waals surface area contributed by atoms with Crippen molar-refractivity contribution in [2.24, 2.45) is 21.8 Å². The van der Waals surface area contributed by atoms with Gasteiger partial charge in [0.1, 0.15) is 0 Å². The molecular weight excluding hydrogens is 345 g/mol. The average molecular weight is 353 g/mol. The molecule has 6 N–H and O–H groups in total. The van der Waals surface area contributed by atoms with E-state index in [4.69, 9.17) is 21.9 Å². The van der Waals surface area contributed by atoms with Crippen molar-refractivity contribution in [1.29, 1.82) is 0 Å². The van der Waals surface area contributed by atoms with Gasteiger partial charge in [0, 0.05) is 0 Å². The number of hydrogen-bond acceptors (Lipinski definition) is 4. The number of nitrogens with two attached hydrogens (primary N) is 2. The second-order valence-electron chi connectivity index (χ2n) is 1.01. The van der Waals surface area contributed by atoms with Gasteiger partial charge in [0.05, 0.1) is 0 Å². The van der Waals surface area contributed by atoms with Crippen molar-refractivity contribution >= 4 is 31.9 Å². The summed E-state index contributed by atoms with van der Waals surface area (Å²) in [5, 5.41) is 20.5. The summed E-state index contributed by atoms with van der Waals surface area (Å²) in [6.07, 6.45) is 0. The van der Waals surface area contributed by atoms with E-state index in [9.17, 15) is 0 Å². The van der Waals surface area contributed by atoms with Crippen molar-refractivity contribution in [3.8, 4) is 0 Å². The van der Waals surface area contributed by atoms with Gasteiger partial charge in [-0.3, -0.25) is 0 Å². The Balaban J connectivity index is -0.000000169. The van der Waals surface area contributed by atoms with Gasteiger partial charge in [-0.2, -0.15) is 0 Å². The summed E-state index contributed by atoms with van der Waals surface area (Å²) in [7, 11) is 13.0. The van der Waals surface area contributed by atoms with Gasteiger partial charge >= 0.3 is 58.5 Å². The van der Waals surface area contributed by atoms with E-state index >= 15 is 0 Å². The molecule has 11 heteroatoms. The molecule has 0 aliphatic carbocycles. The Morgan fingerprint density at radius 2 is 1.31 bits per heavy atom. The zero-order valence-electron chi connectivity index (χ0n) is 5.71. The Hall–Kier alpha value is 0.449. The van der Waals surface area contributed by atoms with Crippen LogP contribution in [-0.4, -0.2) is 22.1 Å². The number of oxime groups is 2. The first-order chi connectivity index (χ1) is 6.13. The van der Waals surface area contributed by atoms with Crippen LogP contribution >= 0.6 is 20.2 Å².